The Morgan fingerprint density at radius 1 is 1.41 bits per heavy atom. The van der Waals surface area contributed by atoms with E-state index in [0.29, 0.717) is 13.0 Å². The summed E-state index contributed by atoms with van der Waals surface area (Å²) in [6.07, 6.45) is 0.411. The van der Waals surface area contributed by atoms with Crippen molar-refractivity contribution in [2.24, 2.45) is 10.9 Å². The van der Waals surface area contributed by atoms with E-state index >= 15 is 0 Å². The first-order valence-electron chi connectivity index (χ1n) is 5.59. The fourth-order valence-corrected chi connectivity index (χ4v) is 2.24. The van der Waals surface area contributed by atoms with E-state index in [1.165, 1.54) is 0 Å². The van der Waals surface area contributed by atoms with Gasteiger partial charge in [0.1, 0.15) is 5.84 Å². The molecule has 102 valence electrons. The molecule has 6 nitrogen and oxygen atoms in total. The molecule has 0 fully saturated rings. The molecule has 0 aliphatic heterocycles. The van der Waals surface area contributed by atoms with Gasteiger partial charge < -0.3 is 15.8 Å². The molecule has 0 rings (SSSR count). The van der Waals surface area contributed by atoms with Crippen molar-refractivity contribution < 1.29 is 13.6 Å². The summed E-state index contributed by atoms with van der Waals surface area (Å²) < 4.78 is 23.2. The lowest BCUT2D eigenvalue weighted by molar-refractivity contribution is 0.271. The van der Waals surface area contributed by atoms with Crippen molar-refractivity contribution in [2.75, 3.05) is 19.3 Å². The molecule has 0 saturated heterocycles. The summed E-state index contributed by atoms with van der Waals surface area (Å²) in [7, 11) is -1.19. The second kappa shape index (κ2) is 6.80. The maximum absolute atomic E-state index is 11.6. The average Bonchev–Trinajstić information content (AvgIpc) is 2.25. The van der Waals surface area contributed by atoms with Gasteiger partial charge in [0.2, 0.25) is 0 Å². The highest BCUT2D eigenvalue weighted by atomic mass is 32.2. The van der Waals surface area contributed by atoms with Crippen LogP contribution >= 0.6 is 0 Å². The summed E-state index contributed by atoms with van der Waals surface area (Å²) in [6.45, 7) is 5.70. The summed E-state index contributed by atoms with van der Waals surface area (Å²) in [5.74, 6) is 0.276. The van der Waals surface area contributed by atoms with E-state index in [1.807, 2.05) is 18.9 Å². The Bertz CT molecular complexity index is 352. The molecule has 0 spiro atoms. The Labute approximate surface area is 103 Å². The minimum absolute atomic E-state index is 0.0354. The van der Waals surface area contributed by atoms with Crippen molar-refractivity contribution in [2.45, 2.75) is 38.5 Å². The molecule has 7 heteroatoms. The predicted octanol–water partition coefficient (Wildman–Crippen LogP) is 0.266. The van der Waals surface area contributed by atoms with E-state index in [1.54, 1.807) is 13.8 Å². The van der Waals surface area contributed by atoms with Gasteiger partial charge in [-0.3, -0.25) is 0 Å². The van der Waals surface area contributed by atoms with E-state index in [4.69, 9.17) is 10.9 Å². The van der Waals surface area contributed by atoms with E-state index < -0.39 is 9.84 Å². The van der Waals surface area contributed by atoms with Crippen LogP contribution in [-0.4, -0.2) is 55.0 Å². The molecule has 0 aliphatic carbocycles. The summed E-state index contributed by atoms with van der Waals surface area (Å²) in [5.41, 5.74) is 5.40. The second-order valence-electron chi connectivity index (χ2n) is 4.54. The normalized spacial score (nSPS) is 15.5. The van der Waals surface area contributed by atoms with Crippen molar-refractivity contribution >= 4 is 15.7 Å². The molecule has 0 aromatic rings. The highest BCUT2D eigenvalue weighted by molar-refractivity contribution is 7.92. The van der Waals surface area contributed by atoms with Crippen molar-refractivity contribution in [3.63, 3.8) is 0 Å². The van der Waals surface area contributed by atoms with E-state index in [-0.39, 0.29) is 22.9 Å². The van der Waals surface area contributed by atoms with E-state index in [0.717, 1.165) is 0 Å². The molecule has 0 heterocycles. The fraction of sp³-hybridized carbons (Fsp3) is 0.900. The Morgan fingerprint density at radius 2 is 1.94 bits per heavy atom. The van der Waals surface area contributed by atoms with Gasteiger partial charge in [-0.25, -0.2) is 8.42 Å². The maximum Gasteiger partial charge on any atom is 0.153 e. The van der Waals surface area contributed by atoms with E-state index in [2.05, 4.69) is 5.16 Å². The molecule has 0 aromatic heterocycles. The lowest BCUT2D eigenvalue weighted by Crippen LogP contribution is -2.37. The number of sulfone groups is 1. The van der Waals surface area contributed by atoms with Crippen LogP contribution in [0.5, 0.6) is 0 Å². The molecule has 1 unspecified atom stereocenters. The van der Waals surface area contributed by atoms with Gasteiger partial charge in [-0.05, 0) is 27.8 Å². The molecule has 0 saturated carbocycles. The van der Waals surface area contributed by atoms with Crippen LogP contribution in [0.15, 0.2) is 5.16 Å². The smallest absolute Gasteiger partial charge is 0.153 e. The summed E-state index contributed by atoms with van der Waals surface area (Å²) in [5, 5.41) is 11.0. The number of rotatable bonds is 7. The molecule has 0 amide bonds. The topological polar surface area (TPSA) is 96.0 Å². The maximum atomic E-state index is 11.6. The summed E-state index contributed by atoms with van der Waals surface area (Å²) in [6, 6.07) is 0.0354. The van der Waals surface area contributed by atoms with Crippen LogP contribution in [0.4, 0.5) is 0 Å². The zero-order valence-electron chi connectivity index (χ0n) is 10.9. The molecule has 0 radical (unpaired) electrons. The molecule has 0 aliphatic rings. The zero-order chi connectivity index (χ0) is 13.6. The van der Waals surface area contributed by atoms with Gasteiger partial charge in [0.25, 0.3) is 0 Å². The number of hydrogen-bond donors (Lipinski definition) is 2. The number of amidine groups is 1. The van der Waals surface area contributed by atoms with Gasteiger partial charge in [-0.2, -0.15) is 0 Å². The molecule has 1 atom stereocenters. The first-order chi connectivity index (χ1) is 7.70. The Hall–Kier alpha value is -0.820. The molecule has 0 bridgehead atoms. The van der Waals surface area contributed by atoms with Gasteiger partial charge in [-0.1, -0.05) is 5.16 Å². The van der Waals surface area contributed by atoms with Gasteiger partial charge >= 0.3 is 0 Å². The Balaban J connectivity index is 4.23. The number of nitrogens with two attached hydrogens (primary N) is 1. The fourth-order valence-electron chi connectivity index (χ4n) is 1.23. The number of nitrogens with zero attached hydrogens (tertiary/aromatic N) is 2. The monoisotopic (exact) mass is 265 g/mol. The van der Waals surface area contributed by atoms with Crippen LogP contribution in [0, 0.1) is 0 Å². The highest BCUT2D eigenvalue weighted by Crippen LogP contribution is 2.05. The van der Waals surface area contributed by atoms with Gasteiger partial charge in [0.15, 0.2) is 9.84 Å². The van der Waals surface area contributed by atoms with Crippen LogP contribution in [0.25, 0.3) is 0 Å². The largest absolute Gasteiger partial charge is 0.409 e. The quantitative estimate of drug-likeness (QED) is 0.298. The minimum Gasteiger partial charge on any atom is -0.409 e. The third-order valence-corrected chi connectivity index (χ3v) is 5.02. The summed E-state index contributed by atoms with van der Waals surface area (Å²) in [4.78, 5) is 1.89. The average molecular weight is 265 g/mol. The standard InChI is InChI=1S/C10H23N3O3S/c1-8(2)17(15,16)6-5-13(4)9(3)7-10(11)12-14/h8-9,14H,5-7H2,1-4H3,(H2,11,12). The van der Waals surface area contributed by atoms with Gasteiger partial charge in [0.05, 0.1) is 11.0 Å². The SMILES string of the molecule is CC(CC(N)=NO)N(C)CCS(=O)(=O)C(C)C. The van der Waals surface area contributed by atoms with Crippen molar-refractivity contribution in [1.29, 1.82) is 0 Å². The summed E-state index contributed by atoms with van der Waals surface area (Å²) >= 11 is 0. The zero-order valence-corrected chi connectivity index (χ0v) is 11.7. The van der Waals surface area contributed by atoms with Crippen molar-refractivity contribution in [1.82, 2.24) is 4.90 Å². The van der Waals surface area contributed by atoms with Crippen molar-refractivity contribution in [3.8, 4) is 0 Å². The van der Waals surface area contributed by atoms with E-state index in [9.17, 15) is 8.42 Å². The molecular weight excluding hydrogens is 242 g/mol. The first-order valence-corrected chi connectivity index (χ1v) is 7.30. The molecular formula is C10H23N3O3S. The lowest BCUT2D eigenvalue weighted by Gasteiger charge is -2.24. The first kappa shape index (κ1) is 16.2. The van der Waals surface area contributed by atoms with Crippen LogP contribution in [-0.2, 0) is 9.84 Å². The van der Waals surface area contributed by atoms with Crippen LogP contribution in [0.2, 0.25) is 0 Å². The Morgan fingerprint density at radius 3 is 2.35 bits per heavy atom. The predicted molar refractivity (Wildman–Crippen MR) is 69.0 cm³/mol. The van der Waals surface area contributed by atoms with Crippen LogP contribution < -0.4 is 5.73 Å². The lowest BCUT2D eigenvalue weighted by atomic mass is 10.2. The third kappa shape index (κ3) is 5.88. The highest BCUT2D eigenvalue weighted by Gasteiger charge is 2.18. The number of hydrogen-bond acceptors (Lipinski definition) is 5. The molecule has 0 aromatic carbocycles. The third-order valence-electron chi connectivity index (χ3n) is 2.83. The van der Waals surface area contributed by atoms with Crippen LogP contribution in [0.3, 0.4) is 0 Å². The second-order valence-corrected chi connectivity index (χ2v) is 7.22. The Kier molecular flexibility index (Phi) is 6.48. The number of oxime groups is 1. The van der Waals surface area contributed by atoms with Crippen LogP contribution in [0.1, 0.15) is 27.2 Å². The molecule has 17 heavy (non-hydrogen) atoms. The van der Waals surface area contributed by atoms with Gasteiger partial charge in [-0.15, -0.1) is 0 Å². The molecule has 3 N–H and O–H groups in total. The van der Waals surface area contributed by atoms with Crippen molar-refractivity contribution in [3.05, 3.63) is 0 Å². The minimum atomic E-state index is -3.01. The van der Waals surface area contributed by atoms with Gasteiger partial charge in [0, 0.05) is 19.0 Å².